The van der Waals surface area contributed by atoms with E-state index in [0.29, 0.717) is 0 Å². The Morgan fingerprint density at radius 2 is 1.61 bits per heavy atom. The molecule has 2 aliphatic heterocycles. The van der Waals surface area contributed by atoms with Crippen molar-refractivity contribution < 1.29 is 55.4 Å². The fourth-order valence-electron chi connectivity index (χ4n) is 2.82. The van der Waals surface area contributed by atoms with Crippen molar-refractivity contribution in [1.82, 2.24) is 0 Å². The summed E-state index contributed by atoms with van der Waals surface area (Å²) >= 11 is 0. The molecule has 11 nitrogen and oxygen atoms in total. The van der Waals surface area contributed by atoms with Gasteiger partial charge in [0.1, 0.15) is 48.8 Å². The first-order valence-corrected chi connectivity index (χ1v) is 7.03. The van der Waals surface area contributed by atoms with E-state index in [4.69, 9.17) is 14.6 Å². The van der Waals surface area contributed by atoms with Crippen LogP contribution in [0, 0.1) is 0 Å². The Balaban J connectivity index is 2.24. The topological polar surface area (TPSA) is 201 Å². The summed E-state index contributed by atoms with van der Waals surface area (Å²) in [6, 6.07) is 0. The van der Waals surface area contributed by atoms with Gasteiger partial charge in [-0.3, -0.25) is 0 Å². The zero-order valence-electron chi connectivity index (χ0n) is 12.0. The Morgan fingerprint density at radius 3 is 2.17 bits per heavy atom. The van der Waals surface area contributed by atoms with E-state index in [-0.39, 0.29) is 0 Å². The van der Waals surface area contributed by atoms with Crippen LogP contribution >= 0.6 is 0 Å². The van der Waals surface area contributed by atoms with Gasteiger partial charge in [-0.2, -0.15) is 0 Å². The molecule has 2 fully saturated rings. The molecule has 10 atom stereocenters. The first-order chi connectivity index (χ1) is 10.7. The molecule has 9 N–H and O–H groups in total. The number of rotatable bonds is 3. The van der Waals surface area contributed by atoms with Crippen LogP contribution in [0.15, 0.2) is 0 Å². The van der Waals surface area contributed by atoms with Gasteiger partial charge in [-0.15, -0.1) is 0 Å². The monoisotopic (exact) mass is 342 g/mol. The fourth-order valence-corrected chi connectivity index (χ4v) is 2.82. The van der Waals surface area contributed by atoms with Crippen LogP contribution in [0.2, 0.25) is 0 Å². The summed E-state index contributed by atoms with van der Waals surface area (Å²) in [6.45, 7) is -1.25. The van der Waals surface area contributed by atoms with E-state index < -0.39 is 73.9 Å². The minimum atomic E-state index is -2.88. The highest BCUT2D eigenvalue weighted by Crippen LogP contribution is 2.35. The average molecular weight is 342 g/mol. The second kappa shape index (κ2) is 6.82. The molecular weight excluding hydrogens is 320 g/mol. The summed E-state index contributed by atoms with van der Waals surface area (Å²) in [5, 5.41) is 88.1. The molecule has 2 aliphatic rings. The molecule has 2 saturated heterocycles. The van der Waals surface area contributed by atoms with Crippen molar-refractivity contribution in [2.24, 2.45) is 0 Å². The number of aliphatic hydroxyl groups is 9. The minimum Gasteiger partial charge on any atom is -0.394 e. The zero-order chi connectivity index (χ0) is 17.5. The Labute approximate surface area is 130 Å². The van der Waals surface area contributed by atoms with E-state index in [9.17, 15) is 40.9 Å². The standard InChI is InChI=1S/C12H22O11/c13-1-4-6(16)9(18)12(21,11(20)23-4)10(19)8-7(17)5(15)3(14)2-22-8/h3-11,13-21H,1-2H2/t3-,4+,5+,6-,7+,8-,9-,10?,11-,12-/m0/s1. The highest BCUT2D eigenvalue weighted by Gasteiger charge is 2.61. The lowest BCUT2D eigenvalue weighted by Crippen LogP contribution is -2.75. The van der Waals surface area contributed by atoms with E-state index in [1.54, 1.807) is 0 Å². The van der Waals surface area contributed by atoms with Crippen LogP contribution in [0.4, 0.5) is 0 Å². The maximum Gasteiger partial charge on any atom is 0.189 e. The third kappa shape index (κ3) is 2.99. The predicted octanol–water partition coefficient (Wildman–Crippen LogP) is -6.01. The van der Waals surface area contributed by atoms with Gasteiger partial charge in [0.05, 0.1) is 13.2 Å². The van der Waals surface area contributed by atoms with E-state index in [1.807, 2.05) is 0 Å². The van der Waals surface area contributed by atoms with Gasteiger partial charge in [-0.25, -0.2) is 0 Å². The molecule has 0 spiro atoms. The lowest BCUT2D eigenvalue weighted by molar-refractivity contribution is -0.364. The summed E-state index contributed by atoms with van der Waals surface area (Å²) < 4.78 is 9.72. The number of ether oxygens (including phenoxy) is 2. The van der Waals surface area contributed by atoms with Crippen molar-refractivity contribution in [3.05, 3.63) is 0 Å². The van der Waals surface area contributed by atoms with Crippen LogP contribution < -0.4 is 0 Å². The Morgan fingerprint density at radius 1 is 1.00 bits per heavy atom. The highest BCUT2D eigenvalue weighted by atomic mass is 16.6. The zero-order valence-corrected chi connectivity index (χ0v) is 12.0. The molecule has 136 valence electrons. The molecule has 1 unspecified atom stereocenters. The Kier molecular flexibility index (Phi) is 5.60. The first-order valence-electron chi connectivity index (χ1n) is 7.03. The van der Waals surface area contributed by atoms with Crippen LogP contribution in [0.5, 0.6) is 0 Å². The SMILES string of the molecule is OC[C@H]1O[C@H](O)[C@@](O)(C(O)[C@H]2OC[C@H](O)[C@@H](O)[C@H]2O)[C@@H](O)[C@H]1O. The largest absolute Gasteiger partial charge is 0.394 e. The minimum absolute atomic E-state index is 0.481. The van der Waals surface area contributed by atoms with Crippen molar-refractivity contribution in [2.45, 2.75) is 60.7 Å². The fraction of sp³-hybridized carbons (Fsp3) is 1.00. The highest BCUT2D eigenvalue weighted by molar-refractivity contribution is 5.08. The molecule has 11 heteroatoms. The molecule has 0 amide bonds. The van der Waals surface area contributed by atoms with E-state index >= 15 is 0 Å². The van der Waals surface area contributed by atoms with Gasteiger partial charge in [0.2, 0.25) is 0 Å². The maximum absolute atomic E-state index is 10.4. The molecule has 0 aromatic carbocycles. The predicted molar refractivity (Wildman–Crippen MR) is 68.7 cm³/mol. The molecule has 2 heterocycles. The van der Waals surface area contributed by atoms with Crippen molar-refractivity contribution in [2.75, 3.05) is 13.2 Å². The second-order valence-corrected chi connectivity index (χ2v) is 5.82. The molecule has 0 aromatic rings. The summed E-state index contributed by atoms with van der Waals surface area (Å²) in [5.41, 5.74) is -2.88. The number of aliphatic hydroxyl groups excluding tert-OH is 8. The van der Waals surface area contributed by atoms with Crippen LogP contribution in [0.25, 0.3) is 0 Å². The first kappa shape index (κ1) is 18.9. The van der Waals surface area contributed by atoms with E-state index in [0.717, 1.165) is 0 Å². The molecule has 0 radical (unpaired) electrons. The number of hydrogen-bond acceptors (Lipinski definition) is 11. The third-order valence-electron chi connectivity index (χ3n) is 4.38. The van der Waals surface area contributed by atoms with Crippen LogP contribution in [0.3, 0.4) is 0 Å². The van der Waals surface area contributed by atoms with Gasteiger partial charge in [-0.1, -0.05) is 0 Å². The maximum atomic E-state index is 10.4. The summed E-state index contributed by atoms with van der Waals surface area (Å²) in [7, 11) is 0. The van der Waals surface area contributed by atoms with Gasteiger partial charge in [0, 0.05) is 0 Å². The van der Waals surface area contributed by atoms with Gasteiger partial charge in [-0.05, 0) is 0 Å². The Hall–Kier alpha value is -0.440. The van der Waals surface area contributed by atoms with Crippen molar-refractivity contribution in [3.8, 4) is 0 Å². The van der Waals surface area contributed by atoms with Crippen LogP contribution in [-0.2, 0) is 9.47 Å². The quantitative estimate of drug-likeness (QED) is 0.236. The smallest absolute Gasteiger partial charge is 0.189 e. The molecular formula is C12H22O11. The third-order valence-corrected chi connectivity index (χ3v) is 4.38. The lowest BCUT2D eigenvalue weighted by Gasteiger charge is -2.50. The van der Waals surface area contributed by atoms with Crippen molar-refractivity contribution in [1.29, 1.82) is 0 Å². The van der Waals surface area contributed by atoms with Crippen LogP contribution in [-0.4, -0.2) is 120 Å². The Bertz CT molecular complexity index is 408. The van der Waals surface area contributed by atoms with Crippen molar-refractivity contribution >= 4 is 0 Å². The lowest BCUT2D eigenvalue weighted by atomic mass is 9.78. The molecule has 0 saturated carbocycles. The normalized spacial score (nSPS) is 53.1. The second-order valence-electron chi connectivity index (χ2n) is 5.82. The summed E-state index contributed by atoms with van der Waals surface area (Å²) in [5.74, 6) is 0. The van der Waals surface area contributed by atoms with E-state index in [1.165, 1.54) is 0 Å². The molecule has 0 aliphatic carbocycles. The molecule has 0 aromatic heterocycles. The van der Waals surface area contributed by atoms with Gasteiger partial charge < -0.3 is 55.4 Å². The van der Waals surface area contributed by atoms with Gasteiger partial charge >= 0.3 is 0 Å². The van der Waals surface area contributed by atoms with Gasteiger partial charge in [0.15, 0.2) is 11.9 Å². The van der Waals surface area contributed by atoms with Crippen LogP contribution in [0.1, 0.15) is 0 Å². The van der Waals surface area contributed by atoms with Gasteiger partial charge in [0.25, 0.3) is 0 Å². The summed E-state index contributed by atoms with van der Waals surface area (Å²) in [6.07, 6.45) is -16.5. The molecule has 0 bridgehead atoms. The molecule has 2 rings (SSSR count). The summed E-state index contributed by atoms with van der Waals surface area (Å²) in [4.78, 5) is 0. The molecule has 23 heavy (non-hydrogen) atoms. The van der Waals surface area contributed by atoms with E-state index in [2.05, 4.69) is 0 Å². The number of hydrogen-bond donors (Lipinski definition) is 9. The van der Waals surface area contributed by atoms with Crippen molar-refractivity contribution in [3.63, 3.8) is 0 Å². The average Bonchev–Trinajstić information content (AvgIpc) is 2.53.